The van der Waals surface area contributed by atoms with Gasteiger partial charge in [0.1, 0.15) is 0 Å². The fourth-order valence-corrected chi connectivity index (χ4v) is 6.14. The molecule has 3 atom stereocenters. The highest BCUT2D eigenvalue weighted by atomic mass is 16.7. The fraction of sp³-hybridized carbons (Fsp3) is 0.441. The van der Waals surface area contributed by atoms with E-state index in [1.807, 2.05) is 42.5 Å². The summed E-state index contributed by atoms with van der Waals surface area (Å²) in [6, 6.07) is 24.5. The molecule has 1 spiro atoms. The van der Waals surface area contributed by atoms with Gasteiger partial charge in [-0.3, -0.25) is 4.79 Å². The van der Waals surface area contributed by atoms with Crippen molar-refractivity contribution >= 4 is 5.91 Å². The Hall–Kier alpha value is -3.11. The average Bonchev–Trinajstić information content (AvgIpc) is 3.49. The molecule has 8 heteroatoms. The van der Waals surface area contributed by atoms with Crippen LogP contribution in [-0.4, -0.2) is 60.7 Å². The number of hydrogen-bond acceptors (Lipinski definition) is 7. The smallest absolute Gasteiger partial charge is 0.217 e. The van der Waals surface area contributed by atoms with Crippen molar-refractivity contribution in [1.29, 1.82) is 0 Å². The summed E-state index contributed by atoms with van der Waals surface area (Å²) in [5.74, 6) is -0.444. The lowest BCUT2D eigenvalue weighted by atomic mass is 9.97. The highest BCUT2D eigenvalue weighted by Gasteiger charge is 2.41. The van der Waals surface area contributed by atoms with Crippen LogP contribution >= 0.6 is 0 Å². The third-order valence-corrected chi connectivity index (χ3v) is 8.47. The number of carbonyl (C=O) groups excluding carboxylic acids is 1. The molecule has 0 unspecified atom stereocenters. The Labute approximate surface area is 247 Å². The summed E-state index contributed by atoms with van der Waals surface area (Å²) in [6.45, 7) is 6.03. The molecule has 3 saturated heterocycles. The number of aliphatic hydroxyl groups is 1. The van der Waals surface area contributed by atoms with Gasteiger partial charge in [0.15, 0.2) is 12.1 Å². The highest BCUT2D eigenvalue weighted by Crippen LogP contribution is 2.40. The van der Waals surface area contributed by atoms with E-state index in [-0.39, 0.29) is 24.7 Å². The number of nitrogens with zero attached hydrogens (tertiary/aromatic N) is 1. The van der Waals surface area contributed by atoms with Crippen molar-refractivity contribution in [2.45, 2.75) is 63.6 Å². The van der Waals surface area contributed by atoms with E-state index in [1.54, 1.807) is 0 Å². The molecule has 3 aromatic rings. The molecular formula is C34H40N2O6. The van der Waals surface area contributed by atoms with Gasteiger partial charge < -0.3 is 34.3 Å². The van der Waals surface area contributed by atoms with Crippen molar-refractivity contribution in [2.24, 2.45) is 0 Å². The molecule has 3 aromatic carbocycles. The van der Waals surface area contributed by atoms with E-state index < -0.39 is 12.1 Å². The average molecular weight is 573 g/mol. The van der Waals surface area contributed by atoms with Gasteiger partial charge in [-0.25, -0.2) is 0 Å². The SMILES string of the molecule is CC(=O)NCc1cccc(-c2cccc([C@H]3O[C@@H](CN4CCC5(CC4)OCCO5)C[C@@H](c4ccc(CO)cc4)O3)c2)c1. The lowest BCUT2D eigenvalue weighted by molar-refractivity contribution is -0.255. The van der Waals surface area contributed by atoms with E-state index in [0.29, 0.717) is 19.8 Å². The summed E-state index contributed by atoms with van der Waals surface area (Å²) in [4.78, 5) is 13.9. The van der Waals surface area contributed by atoms with E-state index in [0.717, 1.165) is 72.3 Å². The van der Waals surface area contributed by atoms with Crippen molar-refractivity contribution in [3.8, 4) is 11.1 Å². The number of aliphatic hydroxyl groups excluding tert-OH is 1. The van der Waals surface area contributed by atoms with Gasteiger partial charge in [0.25, 0.3) is 0 Å². The first kappa shape index (κ1) is 29.0. The molecule has 6 rings (SSSR count). The fourth-order valence-electron chi connectivity index (χ4n) is 6.14. The molecular weight excluding hydrogens is 532 g/mol. The second kappa shape index (κ2) is 13.0. The number of piperidine rings is 1. The maximum Gasteiger partial charge on any atom is 0.217 e. The molecule has 0 aromatic heterocycles. The van der Waals surface area contributed by atoms with Crippen LogP contribution in [0.1, 0.15) is 60.8 Å². The van der Waals surface area contributed by atoms with Crippen LogP contribution in [0.3, 0.4) is 0 Å². The zero-order valence-corrected chi connectivity index (χ0v) is 24.2. The summed E-state index contributed by atoms with van der Waals surface area (Å²) in [5, 5.41) is 12.4. The first-order chi connectivity index (χ1) is 20.5. The van der Waals surface area contributed by atoms with Gasteiger partial charge in [-0.2, -0.15) is 0 Å². The van der Waals surface area contributed by atoms with E-state index >= 15 is 0 Å². The zero-order valence-electron chi connectivity index (χ0n) is 24.2. The lowest BCUT2D eigenvalue weighted by Crippen LogP contribution is -2.48. The first-order valence-corrected chi connectivity index (χ1v) is 14.9. The quantitative estimate of drug-likeness (QED) is 0.398. The van der Waals surface area contributed by atoms with Gasteiger partial charge >= 0.3 is 0 Å². The molecule has 0 saturated carbocycles. The minimum absolute atomic E-state index is 0.0167. The van der Waals surface area contributed by atoms with Crippen LogP contribution in [0.2, 0.25) is 0 Å². The van der Waals surface area contributed by atoms with Crippen LogP contribution in [0.15, 0.2) is 72.8 Å². The Morgan fingerprint density at radius 2 is 1.62 bits per heavy atom. The summed E-state index contributed by atoms with van der Waals surface area (Å²) >= 11 is 0. The van der Waals surface area contributed by atoms with Gasteiger partial charge in [-0.1, -0.05) is 60.7 Å². The minimum atomic E-state index is -0.522. The summed E-state index contributed by atoms with van der Waals surface area (Å²) < 4.78 is 25.1. The van der Waals surface area contributed by atoms with Crippen LogP contribution in [-0.2, 0) is 36.9 Å². The number of nitrogens with one attached hydrogen (secondary N) is 1. The number of ether oxygens (including phenoxy) is 4. The van der Waals surface area contributed by atoms with Crippen LogP contribution < -0.4 is 5.32 Å². The zero-order chi connectivity index (χ0) is 28.9. The summed E-state index contributed by atoms with van der Waals surface area (Å²) in [6.07, 6.45) is 1.81. The van der Waals surface area contributed by atoms with Crippen molar-refractivity contribution in [3.05, 3.63) is 95.1 Å². The molecule has 3 aliphatic heterocycles. The maximum absolute atomic E-state index is 11.4. The molecule has 42 heavy (non-hydrogen) atoms. The summed E-state index contributed by atoms with van der Waals surface area (Å²) in [5.41, 5.74) is 6.10. The molecule has 0 radical (unpaired) electrons. The Bertz CT molecular complexity index is 1350. The Morgan fingerprint density at radius 3 is 2.33 bits per heavy atom. The topological polar surface area (TPSA) is 89.5 Å². The van der Waals surface area contributed by atoms with Crippen LogP contribution in [0, 0.1) is 0 Å². The van der Waals surface area contributed by atoms with Crippen LogP contribution in [0.25, 0.3) is 11.1 Å². The van der Waals surface area contributed by atoms with Gasteiger partial charge in [0, 0.05) is 57.9 Å². The molecule has 222 valence electrons. The molecule has 0 bridgehead atoms. The molecule has 3 fully saturated rings. The largest absolute Gasteiger partial charge is 0.392 e. The molecule has 2 N–H and O–H groups in total. The number of carbonyl (C=O) groups is 1. The predicted octanol–water partition coefficient (Wildman–Crippen LogP) is 4.87. The minimum Gasteiger partial charge on any atom is -0.392 e. The van der Waals surface area contributed by atoms with Crippen molar-refractivity contribution < 1.29 is 28.8 Å². The van der Waals surface area contributed by atoms with Crippen molar-refractivity contribution in [2.75, 3.05) is 32.8 Å². The second-order valence-corrected chi connectivity index (χ2v) is 11.5. The number of rotatable bonds is 8. The van der Waals surface area contributed by atoms with Crippen molar-refractivity contribution in [3.63, 3.8) is 0 Å². The van der Waals surface area contributed by atoms with Gasteiger partial charge in [-0.15, -0.1) is 0 Å². The molecule has 3 aliphatic rings. The second-order valence-electron chi connectivity index (χ2n) is 11.5. The lowest BCUT2D eigenvalue weighted by Gasteiger charge is -2.41. The van der Waals surface area contributed by atoms with E-state index in [1.165, 1.54) is 6.92 Å². The van der Waals surface area contributed by atoms with E-state index in [4.69, 9.17) is 18.9 Å². The van der Waals surface area contributed by atoms with Gasteiger partial charge in [0.2, 0.25) is 5.91 Å². The van der Waals surface area contributed by atoms with Crippen LogP contribution in [0.4, 0.5) is 0 Å². The Balaban J connectivity index is 1.21. The van der Waals surface area contributed by atoms with E-state index in [9.17, 15) is 9.90 Å². The molecule has 1 amide bonds. The number of amides is 1. The van der Waals surface area contributed by atoms with E-state index in [2.05, 4.69) is 40.5 Å². The number of likely N-dealkylation sites (tertiary alicyclic amines) is 1. The molecule has 8 nitrogen and oxygen atoms in total. The predicted molar refractivity (Wildman–Crippen MR) is 158 cm³/mol. The van der Waals surface area contributed by atoms with Gasteiger partial charge in [-0.05, 0) is 39.9 Å². The van der Waals surface area contributed by atoms with Crippen LogP contribution in [0.5, 0.6) is 0 Å². The highest BCUT2D eigenvalue weighted by molar-refractivity contribution is 5.73. The monoisotopic (exact) mass is 572 g/mol. The first-order valence-electron chi connectivity index (χ1n) is 14.9. The summed E-state index contributed by atoms with van der Waals surface area (Å²) in [7, 11) is 0. The molecule has 0 aliphatic carbocycles. The third-order valence-electron chi connectivity index (χ3n) is 8.47. The normalized spacial score (nSPS) is 24.1. The molecule has 3 heterocycles. The number of hydrogen-bond donors (Lipinski definition) is 2. The van der Waals surface area contributed by atoms with Crippen molar-refractivity contribution in [1.82, 2.24) is 10.2 Å². The standard InChI is InChI=1S/C34H40N2O6/c1-24(38)35-21-26-4-2-5-28(18-26)29-6-3-7-30(19-29)33-41-31(20-32(42-33)27-10-8-25(23-37)9-11-27)22-36-14-12-34(13-15-36)39-16-17-40-34/h2-11,18-19,31-33,37H,12-17,20-23H2,1H3,(H,35,38)/t31-,32+,33+/m1/s1. The third kappa shape index (κ3) is 6.92. The number of benzene rings is 3. The maximum atomic E-state index is 11.4. The Morgan fingerprint density at radius 1 is 0.905 bits per heavy atom. The van der Waals surface area contributed by atoms with Gasteiger partial charge in [0.05, 0.1) is 32.0 Å². The Kier molecular flexibility index (Phi) is 9.00.